The number of aromatic nitrogens is 1. The molecular formula is C28H36F3N3O7S. The van der Waals surface area contributed by atoms with Crippen molar-refractivity contribution in [3.63, 3.8) is 0 Å². The Kier molecular flexibility index (Phi) is 10.2. The van der Waals surface area contributed by atoms with Gasteiger partial charge in [-0.05, 0) is 69.2 Å². The van der Waals surface area contributed by atoms with Crippen LogP contribution in [0, 0.1) is 0 Å². The van der Waals surface area contributed by atoms with Crippen LogP contribution < -0.4 is 4.74 Å². The van der Waals surface area contributed by atoms with Crippen molar-refractivity contribution in [2.24, 2.45) is 0 Å². The van der Waals surface area contributed by atoms with Gasteiger partial charge >= 0.3 is 12.3 Å². The average molecular weight is 616 g/mol. The first-order valence-electron chi connectivity index (χ1n) is 13.8. The first kappa shape index (κ1) is 31.8. The minimum Gasteiger partial charge on any atom is -0.497 e. The molecule has 3 atom stereocenters. The smallest absolute Gasteiger partial charge is 0.416 e. The van der Waals surface area contributed by atoms with Crippen molar-refractivity contribution in [3.8, 4) is 11.6 Å². The first-order chi connectivity index (χ1) is 19.9. The molecule has 0 unspecified atom stereocenters. The van der Waals surface area contributed by atoms with E-state index in [4.69, 9.17) is 9.47 Å². The lowest BCUT2D eigenvalue weighted by atomic mass is 9.84. The van der Waals surface area contributed by atoms with Gasteiger partial charge in [-0.25, -0.2) is 18.2 Å². The number of ether oxygens (including phenoxy) is 2. The zero-order valence-electron chi connectivity index (χ0n) is 23.4. The van der Waals surface area contributed by atoms with E-state index in [1.165, 1.54) is 9.21 Å². The van der Waals surface area contributed by atoms with Gasteiger partial charge in [0.25, 0.3) is 0 Å². The average Bonchev–Trinajstić information content (AvgIpc) is 3.27. The highest BCUT2D eigenvalue weighted by molar-refractivity contribution is 7.69. The van der Waals surface area contributed by atoms with Gasteiger partial charge in [0.15, 0.2) is 0 Å². The van der Waals surface area contributed by atoms with Crippen molar-refractivity contribution >= 4 is 17.0 Å². The number of amides is 1. The Morgan fingerprint density at radius 2 is 1.81 bits per heavy atom. The molecule has 1 saturated carbocycles. The molecule has 14 heteroatoms. The summed E-state index contributed by atoms with van der Waals surface area (Å²) in [5, 5.41) is 19.7. The first-order valence-corrected chi connectivity index (χ1v) is 14.9. The zero-order chi connectivity index (χ0) is 30.6. The Bertz CT molecular complexity index is 1290. The second-order valence-corrected chi connectivity index (χ2v) is 11.8. The van der Waals surface area contributed by atoms with Crippen molar-refractivity contribution in [2.45, 2.75) is 81.8 Å². The number of alkyl halides is 3. The summed E-state index contributed by atoms with van der Waals surface area (Å²) >= 11 is 0. The highest BCUT2D eigenvalue weighted by Crippen LogP contribution is 2.38. The molecule has 0 radical (unpaired) electrons. The molecule has 10 nitrogen and oxygen atoms in total. The van der Waals surface area contributed by atoms with Gasteiger partial charge in [0.1, 0.15) is 5.75 Å². The quantitative estimate of drug-likeness (QED) is 0.335. The van der Waals surface area contributed by atoms with Gasteiger partial charge in [0.05, 0.1) is 31.4 Å². The van der Waals surface area contributed by atoms with E-state index in [-0.39, 0.29) is 30.9 Å². The van der Waals surface area contributed by atoms with Gasteiger partial charge in [-0.3, -0.25) is 4.90 Å². The number of halogens is 3. The number of hydrogen-bond acceptors (Lipinski definition) is 7. The molecule has 42 heavy (non-hydrogen) atoms. The van der Waals surface area contributed by atoms with Crippen LogP contribution >= 0.6 is 0 Å². The number of nitrogens with zero attached hydrogens (tertiary/aromatic N) is 3. The van der Waals surface area contributed by atoms with E-state index >= 15 is 0 Å². The molecule has 2 heterocycles. The number of carbonyl (C=O) groups is 1. The van der Waals surface area contributed by atoms with Gasteiger partial charge in [-0.2, -0.15) is 17.5 Å². The Morgan fingerprint density at radius 1 is 1.14 bits per heavy atom. The summed E-state index contributed by atoms with van der Waals surface area (Å²) in [5.74, 6) is -0.282. The maximum atomic E-state index is 13.2. The number of aromatic hydroxyl groups is 1. The summed E-state index contributed by atoms with van der Waals surface area (Å²) in [7, 11) is -1.45. The fourth-order valence-corrected chi connectivity index (χ4v) is 6.80. The van der Waals surface area contributed by atoms with Crippen LogP contribution in [0.2, 0.25) is 0 Å². The molecule has 1 aliphatic heterocycles. The van der Waals surface area contributed by atoms with Gasteiger partial charge < -0.3 is 19.7 Å². The van der Waals surface area contributed by atoms with Crippen LogP contribution in [-0.2, 0) is 28.2 Å². The third-order valence-corrected chi connectivity index (χ3v) is 9.13. The lowest BCUT2D eigenvalue weighted by molar-refractivity contribution is -0.137. The maximum Gasteiger partial charge on any atom is 0.416 e. The summed E-state index contributed by atoms with van der Waals surface area (Å²) in [6.07, 6.45) is -3.32. The fraction of sp³-hybridized carbons (Fsp3) is 0.571. The van der Waals surface area contributed by atoms with E-state index in [1.807, 2.05) is 12.1 Å². The Morgan fingerprint density at radius 3 is 2.38 bits per heavy atom. The number of benzene rings is 1. The molecule has 1 aliphatic carbocycles. The molecule has 2 aromatic rings. The molecule has 2 fully saturated rings. The molecule has 4 rings (SSSR count). The molecule has 0 bridgehead atoms. The van der Waals surface area contributed by atoms with Crippen LogP contribution in [0.5, 0.6) is 11.6 Å². The number of rotatable bonds is 10. The molecule has 2 N–H and O–H groups in total. The topological polar surface area (TPSA) is 130 Å². The summed E-state index contributed by atoms with van der Waals surface area (Å²) in [5.41, 5.74) is 0.132. The zero-order valence-corrected chi connectivity index (χ0v) is 24.3. The van der Waals surface area contributed by atoms with Gasteiger partial charge in [0.2, 0.25) is 16.8 Å². The Hall–Kier alpha value is -3.10. The van der Waals surface area contributed by atoms with E-state index in [0.29, 0.717) is 50.3 Å². The third-order valence-electron chi connectivity index (χ3n) is 8.22. The minimum absolute atomic E-state index is 0.0125. The van der Waals surface area contributed by atoms with Gasteiger partial charge in [0, 0.05) is 36.3 Å². The Balaban J connectivity index is 1.40. The largest absolute Gasteiger partial charge is 0.497 e. The lowest BCUT2D eigenvalue weighted by Gasteiger charge is -2.34. The highest BCUT2D eigenvalue weighted by atomic mass is 32.2. The number of carboxylic acid groups (broad SMARTS) is 1. The normalized spacial score (nSPS) is 24.8. The van der Waals surface area contributed by atoms with Crippen molar-refractivity contribution in [3.05, 3.63) is 53.2 Å². The summed E-state index contributed by atoms with van der Waals surface area (Å²) in [6, 6.07) is 7.09. The van der Waals surface area contributed by atoms with Crippen molar-refractivity contribution < 1.29 is 46.1 Å². The molecule has 0 spiro atoms. The van der Waals surface area contributed by atoms with Crippen molar-refractivity contribution in [1.82, 2.24) is 14.2 Å². The SMILES string of the molecule is COc1ccc(CCN([C@H]2C[C@@H](C)N(C(=O)O)[C@H]2COC2CCC(c3cc(C(F)(F)F)cc(O)n3)CC2)[SH](=O)=O)cc1. The molecule has 2 aliphatic rings. The van der Waals surface area contributed by atoms with Crippen LogP contribution in [0.4, 0.5) is 18.0 Å². The predicted molar refractivity (Wildman–Crippen MR) is 147 cm³/mol. The van der Waals surface area contributed by atoms with Crippen LogP contribution in [0.3, 0.4) is 0 Å². The lowest BCUT2D eigenvalue weighted by Crippen LogP contribution is -2.50. The van der Waals surface area contributed by atoms with Crippen molar-refractivity contribution in [1.29, 1.82) is 0 Å². The van der Waals surface area contributed by atoms with E-state index in [2.05, 4.69) is 4.98 Å². The van der Waals surface area contributed by atoms with E-state index in [9.17, 15) is 36.6 Å². The van der Waals surface area contributed by atoms with E-state index in [0.717, 1.165) is 11.6 Å². The second-order valence-electron chi connectivity index (χ2n) is 10.9. The molecule has 232 valence electrons. The summed E-state index contributed by atoms with van der Waals surface area (Å²) < 4.78 is 76.9. The summed E-state index contributed by atoms with van der Waals surface area (Å²) in [6.45, 7) is 1.90. The number of likely N-dealkylation sites (tertiary alicyclic amines) is 1. The van der Waals surface area contributed by atoms with E-state index in [1.54, 1.807) is 26.2 Å². The number of methoxy groups -OCH3 is 1. The second kappa shape index (κ2) is 13.5. The minimum atomic E-state index is -4.60. The van der Waals surface area contributed by atoms with Crippen LogP contribution in [0.15, 0.2) is 36.4 Å². The number of thiol groups is 1. The molecule has 1 amide bonds. The monoisotopic (exact) mass is 615 g/mol. The van der Waals surface area contributed by atoms with Gasteiger partial charge in [-0.1, -0.05) is 12.1 Å². The highest BCUT2D eigenvalue weighted by Gasteiger charge is 2.46. The van der Waals surface area contributed by atoms with Crippen LogP contribution in [0.25, 0.3) is 0 Å². The number of hydrogen-bond donors (Lipinski definition) is 3. The fourth-order valence-electron chi connectivity index (χ4n) is 6.05. The van der Waals surface area contributed by atoms with Crippen LogP contribution in [0.1, 0.15) is 61.8 Å². The molecule has 1 aromatic carbocycles. The molecule has 1 aromatic heterocycles. The number of pyridine rings is 1. The standard InChI is InChI=1S/C28H36F3N3O7S/c1-17-13-24(33(42(38)39)12-11-18-3-7-21(40-2)8-4-18)25(34(17)27(36)37)16-41-22-9-5-19(6-10-22)23-14-20(28(29,30)31)15-26(35)32-23/h3-4,7-8,14-15,17,19,22,24-25,42H,5-6,9-13,16H2,1-2H3,(H,32,35)(H,36,37)/t17-,19?,22?,24+,25+/m1/s1. The third kappa shape index (κ3) is 7.64. The molecular weight excluding hydrogens is 579 g/mol. The predicted octanol–water partition coefficient (Wildman–Crippen LogP) is 4.44. The Labute approximate surface area is 244 Å². The van der Waals surface area contributed by atoms with Crippen molar-refractivity contribution in [2.75, 3.05) is 20.3 Å². The summed E-state index contributed by atoms with van der Waals surface area (Å²) in [4.78, 5) is 17.3. The van der Waals surface area contributed by atoms with Gasteiger partial charge in [-0.15, -0.1) is 0 Å². The maximum absolute atomic E-state index is 13.2. The molecule has 1 saturated heterocycles. The van der Waals surface area contributed by atoms with Crippen LogP contribution in [-0.4, -0.2) is 83.4 Å². The van der Waals surface area contributed by atoms with E-state index < -0.39 is 52.7 Å².